The summed E-state index contributed by atoms with van der Waals surface area (Å²) in [7, 11) is 1.71. The van der Waals surface area contributed by atoms with Gasteiger partial charge in [-0.1, -0.05) is 12.1 Å². The summed E-state index contributed by atoms with van der Waals surface area (Å²) in [6.07, 6.45) is 4.37. The van der Waals surface area contributed by atoms with Crippen molar-refractivity contribution in [2.24, 2.45) is 0 Å². The van der Waals surface area contributed by atoms with Crippen LogP contribution in [0, 0.1) is 0 Å². The Balaban J connectivity index is 1.64. The Labute approximate surface area is 148 Å². The number of aromatic nitrogens is 1. The van der Waals surface area contributed by atoms with E-state index in [1.165, 1.54) is 35.0 Å². The van der Waals surface area contributed by atoms with Gasteiger partial charge in [-0.3, -0.25) is 0 Å². The number of fused-ring (bicyclic) bond motifs is 1. The maximum absolute atomic E-state index is 5.29. The SMILES string of the molecule is COc1ccc(CN(c2ccc3[nH]ccc3c2)C2CCNCC2)cc1. The summed E-state index contributed by atoms with van der Waals surface area (Å²) < 4.78 is 5.29. The van der Waals surface area contributed by atoms with Gasteiger partial charge in [0.05, 0.1) is 7.11 Å². The quantitative estimate of drug-likeness (QED) is 0.742. The summed E-state index contributed by atoms with van der Waals surface area (Å²) in [5.41, 5.74) is 3.81. The van der Waals surface area contributed by atoms with Crippen LogP contribution in [0.2, 0.25) is 0 Å². The average Bonchev–Trinajstić information content (AvgIpc) is 3.15. The third-order valence-corrected chi connectivity index (χ3v) is 5.13. The maximum atomic E-state index is 5.29. The van der Waals surface area contributed by atoms with Gasteiger partial charge in [0.1, 0.15) is 5.75 Å². The van der Waals surface area contributed by atoms with E-state index in [-0.39, 0.29) is 0 Å². The van der Waals surface area contributed by atoms with Crippen molar-refractivity contribution in [1.29, 1.82) is 0 Å². The molecule has 0 unspecified atom stereocenters. The van der Waals surface area contributed by atoms with Crippen LogP contribution in [-0.4, -0.2) is 31.2 Å². The molecule has 0 bridgehead atoms. The number of rotatable bonds is 5. The van der Waals surface area contributed by atoms with Gasteiger partial charge in [0, 0.05) is 35.4 Å². The molecule has 0 spiro atoms. The highest BCUT2D eigenvalue weighted by atomic mass is 16.5. The number of anilines is 1. The Morgan fingerprint density at radius 1 is 1.04 bits per heavy atom. The number of aromatic amines is 1. The molecule has 0 atom stereocenters. The minimum atomic E-state index is 0.569. The van der Waals surface area contributed by atoms with E-state index in [9.17, 15) is 0 Å². The number of hydrogen-bond acceptors (Lipinski definition) is 3. The second-order valence-electron chi connectivity index (χ2n) is 6.71. The minimum absolute atomic E-state index is 0.569. The molecule has 3 aromatic rings. The van der Waals surface area contributed by atoms with E-state index >= 15 is 0 Å². The van der Waals surface area contributed by atoms with Crippen LogP contribution in [-0.2, 0) is 6.54 Å². The van der Waals surface area contributed by atoms with Crippen LogP contribution in [0.15, 0.2) is 54.7 Å². The molecule has 1 aromatic heterocycles. The zero-order valence-corrected chi connectivity index (χ0v) is 14.7. The molecule has 4 heteroatoms. The average molecular weight is 335 g/mol. The van der Waals surface area contributed by atoms with Crippen LogP contribution in [0.3, 0.4) is 0 Å². The third-order valence-electron chi connectivity index (χ3n) is 5.13. The molecule has 4 rings (SSSR count). The summed E-state index contributed by atoms with van der Waals surface area (Å²) in [5.74, 6) is 0.908. The highest BCUT2D eigenvalue weighted by Crippen LogP contribution is 2.28. The molecule has 1 aliphatic heterocycles. The molecule has 0 amide bonds. The summed E-state index contributed by atoms with van der Waals surface area (Å²) in [6.45, 7) is 3.11. The molecule has 2 aromatic carbocycles. The van der Waals surface area contributed by atoms with Gasteiger partial charge in [-0.25, -0.2) is 0 Å². The Bertz CT molecular complexity index is 819. The second-order valence-corrected chi connectivity index (χ2v) is 6.71. The van der Waals surface area contributed by atoms with Crippen molar-refractivity contribution < 1.29 is 4.74 Å². The van der Waals surface area contributed by atoms with Crippen LogP contribution in [0.4, 0.5) is 5.69 Å². The van der Waals surface area contributed by atoms with E-state index in [1.54, 1.807) is 7.11 Å². The first kappa shape index (κ1) is 16.0. The van der Waals surface area contributed by atoms with Crippen molar-refractivity contribution in [3.8, 4) is 5.75 Å². The van der Waals surface area contributed by atoms with Crippen molar-refractivity contribution in [3.63, 3.8) is 0 Å². The fourth-order valence-corrected chi connectivity index (χ4v) is 3.70. The van der Waals surface area contributed by atoms with Crippen LogP contribution < -0.4 is 15.0 Å². The first-order valence-electron chi connectivity index (χ1n) is 9.01. The van der Waals surface area contributed by atoms with Crippen molar-refractivity contribution in [2.75, 3.05) is 25.1 Å². The third kappa shape index (κ3) is 3.49. The largest absolute Gasteiger partial charge is 0.497 e. The lowest BCUT2D eigenvalue weighted by atomic mass is 10.0. The predicted molar refractivity (Wildman–Crippen MR) is 103 cm³/mol. The lowest BCUT2D eigenvalue weighted by molar-refractivity contribution is 0.414. The smallest absolute Gasteiger partial charge is 0.118 e. The molecule has 25 heavy (non-hydrogen) atoms. The number of piperidine rings is 1. The first-order valence-corrected chi connectivity index (χ1v) is 9.01. The molecule has 0 saturated carbocycles. The van der Waals surface area contributed by atoms with Gasteiger partial charge in [-0.15, -0.1) is 0 Å². The van der Waals surface area contributed by atoms with Gasteiger partial charge in [0.25, 0.3) is 0 Å². The van der Waals surface area contributed by atoms with Crippen molar-refractivity contribution in [1.82, 2.24) is 10.3 Å². The van der Waals surface area contributed by atoms with Crippen molar-refractivity contribution >= 4 is 16.6 Å². The number of nitrogens with zero attached hydrogens (tertiary/aromatic N) is 1. The highest BCUT2D eigenvalue weighted by molar-refractivity contribution is 5.83. The Morgan fingerprint density at radius 2 is 1.84 bits per heavy atom. The molecule has 1 aliphatic rings. The standard InChI is InChI=1S/C21H25N3O/c1-25-20-5-2-16(3-6-20)15-24(18-9-11-22-12-10-18)19-4-7-21-17(14-19)8-13-23-21/h2-8,13-14,18,22-23H,9-12,15H2,1H3. The molecule has 1 saturated heterocycles. The molecule has 0 aliphatic carbocycles. The zero-order chi connectivity index (χ0) is 17.1. The number of nitrogens with one attached hydrogen (secondary N) is 2. The van der Waals surface area contributed by atoms with Gasteiger partial charge < -0.3 is 19.9 Å². The molecule has 2 heterocycles. The number of benzene rings is 2. The van der Waals surface area contributed by atoms with Crippen LogP contribution in [0.25, 0.3) is 10.9 Å². The summed E-state index contributed by atoms with van der Waals surface area (Å²) in [5, 5.41) is 4.75. The molecule has 0 radical (unpaired) electrons. The van der Waals surface area contributed by atoms with Crippen LogP contribution in [0.5, 0.6) is 5.75 Å². The monoisotopic (exact) mass is 335 g/mol. The predicted octanol–water partition coefficient (Wildman–Crippen LogP) is 3.94. The summed E-state index contributed by atoms with van der Waals surface area (Å²) in [4.78, 5) is 5.85. The lowest BCUT2D eigenvalue weighted by Crippen LogP contribution is -2.43. The van der Waals surface area contributed by atoms with Crippen molar-refractivity contribution in [2.45, 2.75) is 25.4 Å². The van der Waals surface area contributed by atoms with Gasteiger partial charge >= 0.3 is 0 Å². The highest BCUT2D eigenvalue weighted by Gasteiger charge is 2.22. The molecule has 1 fully saturated rings. The lowest BCUT2D eigenvalue weighted by Gasteiger charge is -2.36. The molecule has 4 nitrogen and oxygen atoms in total. The van der Waals surface area contributed by atoms with E-state index in [0.29, 0.717) is 6.04 Å². The first-order chi connectivity index (χ1) is 12.3. The van der Waals surface area contributed by atoms with E-state index in [1.807, 2.05) is 18.3 Å². The van der Waals surface area contributed by atoms with Crippen LogP contribution >= 0.6 is 0 Å². The number of methoxy groups -OCH3 is 1. The maximum Gasteiger partial charge on any atom is 0.118 e. The Hall–Kier alpha value is -2.46. The normalized spacial score (nSPS) is 15.4. The van der Waals surface area contributed by atoms with Gasteiger partial charge in [-0.2, -0.15) is 0 Å². The number of H-pyrrole nitrogens is 1. The minimum Gasteiger partial charge on any atom is -0.497 e. The number of ether oxygens (including phenoxy) is 1. The van der Waals surface area contributed by atoms with E-state index < -0.39 is 0 Å². The van der Waals surface area contributed by atoms with Gasteiger partial charge in [-0.05, 0) is 67.9 Å². The van der Waals surface area contributed by atoms with Crippen molar-refractivity contribution in [3.05, 3.63) is 60.3 Å². The Kier molecular flexibility index (Phi) is 4.61. The summed E-state index contributed by atoms with van der Waals surface area (Å²) in [6, 6.07) is 17.9. The second kappa shape index (κ2) is 7.19. The molecular weight excluding hydrogens is 310 g/mol. The van der Waals surface area contributed by atoms with Crippen LogP contribution in [0.1, 0.15) is 18.4 Å². The number of hydrogen-bond donors (Lipinski definition) is 2. The van der Waals surface area contributed by atoms with E-state index in [2.05, 4.69) is 51.6 Å². The Morgan fingerprint density at radius 3 is 2.60 bits per heavy atom. The van der Waals surface area contributed by atoms with Gasteiger partial charge in [0.2, 0.25) is 0 Å². The van der Waals surface area contributed by atoms with E-state index in [0.717, 1.165) is 25.4 Å². The fourth-order valence-electron chi connectivity index (χ4n) is 3.70. The fraction of sp³-hybridized carbons (Fsp3) is 0.333. The topological polar surface area (TPSA) is 40.3 Å². The zero-order valence-electron chi connectivity index (χ0n) is 14.7. The molecule has 2 N–H and O–H groups in total. The van der Waals surface area contributed by atoms with E-state index in [4.69, 9.17) is 4.74 Å². The molecule has 130 valence electrons. The van der Waals surface area contributed by atoms with Gasteiger partial charge in [0.15, 0.2) is 0 Å². The summed E-state index contributed by atoms with van der Waals surface area (Å²) >= 11 is 0. The molecular formula is C21H25N3O.